The van der Waals surface area contributed by atoms with Crippen LogP contribution in [0.1, 0.15) is 18.4 Å². The number of carbonyl (C=O) groups is 1. The smallest absolute Gasteiger partial charge is 0.368 e. The predicted molar refractivity (Wildman–Crippen MR) is 74.0 cm³/mol. The summed E-state index contributed by atoms with van der Waals surface area (Å²) in [5.74, 6) is -0.441. The molecule has 0 aliphatic carbocycles. The number of rotatable bonds is 3. The summed E-state index contributed by atoms with van der Waals surface area (Å²) in [5, 5.41) is 6.17. The molecule has 1 amide bonds. The highest BCUT2D eigenvalue weighted by molar-refractivity contribution is 5.94. The third kappa shape index (κ3) is 3.34. The lowest BCUT2D eigenvalue weighted by atomic mass is 10.1. The van der Waals surface area contributed by atoms with Crippen molar-refractivity contribution in [2.24, 2.45) is 0 Å². The second-order valence-electron chi connectivity index (χ2n) is 5.06. The fraction of sp³-hybridized carbons (Fsp3) is 0.357. The van der Waals surface area contributed by atoms with Gasteiger partial charge in [-0.3, -0.25) is 4.79 Å². The molecule has 6 nitrogen and oxygen atoms in total. The fourth-order valence-electron chi connectivity index (χ4n) is 2.38. The molecule has 0 bridgehead atoms. The maximum absolute atomic E-state index is 13.3. The fourth-order valence-corrected chi connectivity index (χ4v) is 2.38. The SMILES string of the molecule is O=C(Nc1ccc(-n2cncn2)c(C(F)(F)F)c1)C1CCCO1. The topological polar surface area (TPSA) is 69.0 Å². The minimum absolute atomic E-state index is 0.0571. The number of nitrogens with zero attached hydrogens (tertiary/aromatic N) is 3. The third-order valence-electron chi connectivity index (χ3n) is 3.46. The number of hydrogen-bond acceptors (Lipinski definition) is 4. The van der Waals surface area contributed by atoms with Crippen molar-refractivity contribution >= 4 is 11.6 Å². The van der Waals surface area contributed by atoms with Gasteiger partial charge >= 0.3 is 6.18 Å². The Morgan fingerprint density at radius 1 is 1.39 bits per heavy atom. The van der Waals surface area contributed by atoms with Crippen LogP contribution >= 0.6 is 0 Å². The monoisotopic (exact) mass is 326 g/mol. The Balaban J connectivity index is 1.89. The van der Waals surface area contributed by atoms with Crippen molar-refractivity contribution in [1.29, 1.82) is 0 Å². The molecule has 9 heteroatoms. The van der Waals surface area contributed by atoms with E-state index in [1.807, 2.05) is 0 Å². The Labute approximate surface area is 129 Å². The quantitative estimate of drug-likeness (QED) is 0.940. The Bertz CT molecular complexity index is 695. The lowest BCUT2D eigenvalue weighted by molar-refractivity contribution is -0.137. The van der Waals surface area contributed by atoms with Gasteiger partial charge in [-0.1, -0.05) is 0 Å². The number of hydrogen-bond donors (Lipinski definition) is 1. The van der Waals surface area contributed by atoms with Gasteiger partial charge in [0, 0.05) is 12.3 Å². The average Bonchev–Trinajstić information content (AvgIpc) is 3.20. The molecule has 2 heterocycles. The summed E-state index contributed by atoms with van der Waals surface area (Å²) in [6.07, 6.45) is -1.56. The molecule has 1 atom stereocenters. The summed E-state index contributed by atoms with van der Waals surface area (Å²) in [7, 11) is 0. The molecule has 0 radical (unpaired) electrons. The van der Waals surface area contributed by atoms with E-state index in [2.05, 4.69) is 15.4 Å². The molecule has 1 unspecified atom stereocenters. The van der Waals surface area contributed by atoms with Crippen molar-refractivity contribution in [3.05, 3.63) is 36.4 Å². The molecular formula is C14H13F3N4O2. The molecule has 1 aliphatic rings. The lowest BCUT2D eigenvalue weighted by Crippen LogP contribution is -2.27. The van der Waals surface area contributed by atoms with Crippen LogP contribution in [0.2, 0.25) is 0 Å². The zero-order valence-corrected chi connectivity index (χ0v) is 11.9. The summed E-state index contributed by atoms with van der Waals surface area (Å²) in [6, 6.07) is 3.51. The van der Waals surface area contributed by atoms with Gasteiger partial charge in [0.25, 0.3) is 5.91 Å². The first-order valence-electron chi connectivity index (χ1n) is 6.94. The molecule has 0 saturated carbocycles. The van der Waals surface area contributed by atoms with Crippen LogP contribution in [0, 0.1) is 0 Å². The van der Waals surface area contributed by atoms with E-state index in [-0.39, 0.29) is 11.4 Å². The number of amides is 1. The molecule has 2 aromatic rings. The maximum Gasteiger partial charge on any atom is 0.418 e. The van der Waals surface area contributed by atoms with Crippen molar-refractivity contribution in [2.45, 2.75) is 25.1 Å². The number of alkyl halides is 3. The van der Waals surface area contributed by atoms with E-state index in [1.165, 1.54) is 18.5 Å². The molecule has 1 saturated heterocycles. The molecule has 122 valence electrons. The molecule has 1 fully saturated rings. The van der Waals surface area contributed by atoms with Crippen LogP contribution in [0.4, 0.5) is 18.9 Å². The minimum Gasteiger partial charge on any atom is -0.368 e. The highest BCUT2D eigenvalue weighted by Crippen LogP contribution is 2.35. The van der Waals surface area contributed by atoms with Gasteiger partial charge in [0.1, 0.15) is 18.8 Å². The van der Waals surface area contributed by atoms with Gasteiger partial charge in [0.2, 0.25) is 0 Å². The van der Waals surface area contributed by atoms with Gasteiger partial charge in [-0.2, -0.15) is 18.3 Å². The van der Waals surface area contributed by atoms with Crippen LogP contribution in [0.15, 0.2) is 30.9 Å². The zero-order chi connectivity index (χ0) is 16.4. The summed E-state index contributed by atoms with van der Waals surface area (Å²) in [5.41, 5.74) is -1.01. The molecule has 3 rings (SSSR count). The highest BCUT2D eigenvalue weighted by Gasteiger charge is 2.35. The lowest BCUT2D eigenvalue weighted by Gasteiger charge is -2.15. The van der Waals surface area contributed by atoms with Gasteiger partial charge in [-0.05, 0) is 31.0 Å². The van der Waals surface area contributed by atoms with Crippen LogP contribution in [-0.2, 0) is 15.7 Å². The van der Waals surface area contributed by atoms with Crippen LogP contribution < -0.4 is 5.32 Å². The first-order valence-corrected chi connectivity index (χ1v) is 6.94. The summed E-state index contributed by atoms with van der Waals surface area (Å²) >= 11 is 0. The van der Waals surface area contributed by atoms with E-state index in [0.29, 0.717) is 13.0 Å². The van der Waals surface area contributed by atoms with Crippen molar-refractivity contribution in [3.8, 4) is 5.69 Å². The van der Waals surface area contributed by atoms with E-state index < -0.39 is 23.8 Å². The number of nitrogens with one attached hydrogen (secondary N) is 1. The standard InChI is InChI=1S/C14H13F3N4O2/c15-14(16,17)10-6-9(20-13(22)12-2-1-5-23-12)3-4-11(10)21-8-18-7-19-21/h3-4,6-8,12H,1-2,5H2,(H,20,22). The molecule has 1 aromatic carbocycles. The maximum atomic E-state index is 13.3. The van der Waals surface area contributed by atoms with E-state index in [0.717, 1.165) is 23.5 Å². The zero-order valence-electron chi connectivity index (χ0n) is 11.9. The largest absolute Gasteiger partial charge is 0.418 e. The first kappa shape index (κ1) is 15.5. The van der Waals surface area contributed by atoms with Gasteiger partial charge in [0.05, 0.1) is 11.3 Å². The minimum atomic E-state index is -4.59. The number of halogens is 3. The van der Waals surface area contributed by atoms with Crippen LogP contribution in [-0.4, -0.2) is 33.4 Å². The van der Waals surface area contributed by atoms with E-state index >= 15 is 0 Å². The second kappa shape index (κ2) is 5.99. The Morgan fingerprint density at radius 2 is 2.22 bits per heavy atom. The number of ether oxygens (including phenoxy) is 1. The van der Waals surface area contributed by atoms with Gasteiger partial charge in [-0.25, -0.2) is 9.67 Å². The van der Waals surface area contributed by atoms with Crippen LogP contribution in [0.25, 0.3) is 5.69 Å². The predicted octanol–water partition coefficient (Wildman–Crippen LogP) is 2.40. The summed E-state index contributed by atoms with van der Waals surface area (Å²) in [6.45, 7) is 0.483. The molecule has 23 heavy (non-hydrogen) atoms. The second-order valence-corrected chi connectivity index (χ2v) is 5.06. The molecule has 0 spiro atoms. The number of benzene rings is 1. The molecular weight excluding hydrogens is 313 g/mol. The van der Waals surface area contributed by atoms with Crippen molar-refractivity contribution in [1.82, 2.24) is 14.8 Å². The van der Waals surface area contributed by atoms with Crippen LogP contribution in [0.3, 0.4) is 0 Å². The normalized spacial score (nSPS) is 18.1. The Hall–Kier alpha value is -2.42. The third-order valence-corrected chi connectivity index (χ3v) is 3.46. The van der Waals surface area contributed by atoms with Gasteiger partial charge < -0.3 is 10.1 Å². The first-order chi connectivity index (χ1) is 10.9. The number of aromatic nitrogens is 3. The summed E-state index contributed by atoms with van der Waals surface area (Å²) < 4.78 is 46.0. The highest BCUT2D eigenvalue weighted by atomic mass is 19.4. The summed E-state index contributed by atoms with van der Waals surface area (Å²) in [4.78, 5) is 15.6. The number of anilines is 1. The van der Waals surface area contributed by atoms with E-state index in [1.54, 1.807) is 0 Å². The Kier molecular flexibility index (Phi) is 4.03. The van der Waals surface area contributed by atoms with Gasteiger partial charge in [0.15, 0.2) is 0 Å². The average molecular weight is 326 g/mol. The Morgan fingerprint density at radius 3 is 2.83 bits per heavy atom. The van der Waals surface area contributed by atoms with Crippen molar-refractivity contribution in [3.63, 3.8) is 0 Å². The molecule has 1 aromatic heterocycles. The molecule has 1 aliphatic heterocycles. The molecule has 1 N–H and O–H groups in total. The van der Waals surface area contributed by atoms with Gasteiger partial charge in [-0.15, -0.1) is 0 Å². The number of carbonyl (C=O) groups excluding carboxylic acids is 1. The van der Waals surface area contributed by atoms with E-state index in [4.69, 9.17) is 4.74 Å². The van der Waals surface area contributed by atoms with Crippen molar-refractivity contribution in [2.75, 3.05) is 11.9 Å². The van der Waals surface area contributed by atoms with E-state index in [9.17, 15) is 18.0 Å². The van der Waals surface area contributed by atoms with Crippen molar-refractivity contribution < 1.29 is 22.7 Å². The van der Waals surface area contributed by atoms with Crippen LogP contribution in [0.5, 0.6) is 0 Å².